The first-order valence-electron chi connectivity index (χ1n) is 22.6. The maximum Gasteiger partial charge on any atom is 0.266 e. The molecule has 0 aliphatic heterocycles. The molecule has 0 saturated carbocycles. The van der Waals surface area contributed by atoms with Crippen molar-refractivity contribution in [2.24, 2.45) is 0 Å². The standard InChI is InChI=1S/C45H87NO6S/c1-3-5-7-9-11-13-15-17-19-20-21-22-23-24-25-26-28-30-32-34-36-38-40-44(48)45(49)46-42(41-53(50,51)52)43(47)39-37-35-33-31-29-27-18-16-14-12-10-8-6-4-2/h21-22,24-25,42-44,47-48H,3-20,23,26-41H2,1-2H3,(H,46,49)(H,50,51,52)/b22-21-,25-24-. The number of nitrogens with one attached hydrogen (secondary N) is 1. The predicted molar refractivity (Wildman–Crippen MR) is 227 cm³/mol. The van der Waals surface area contributed by atoms with E-state index in [0.717, 1.165) is 57.8 Å². The molecule has 53 heavy (non-hydrogen) atoms. The molecule has 0 aliphatic rings. The molecule has 0 spiro atoms. The highest BCUT2D eigenvalue weighted by Gasteiger charge is 2.28. The maximum atomic E-state index is 12.6. The van der Waals surface area contributed by atoms with Gasteiger partial charge in [0.2, 0.25) is 5.91 Å². The minimum absolute atomic E-state index is 0.287. The van der Waals surface area contributed by atoms with Gasteiger partial charge in [0.25, 0.3) is 10.1 Å². The summed E-state index contributed by atoms with van der Waals surface area (Å²) in [5.74, 6) is -1.46. The smallest absolute Gasteiger partial charge is 0.266 e. The van der Waals surface area contributed by atoms with Crippen molar-refractivity contribution in [3.8, 4) is 0 Å². The Labute approximate surface area is 328 Å². The lowest BCUT2D eigenvalue weighted by molar-refractivity contribution is -0.131. The van der Waals surface area contributed by atoms with Gasteiger partial charge in [-0.25, -0.2) is 0 Å². The Morgan fingerprint density at radius 2 is 0.849 bits per heavy atom. The van der Waals surface area contributed by atoms with E-state index in [4.69, 9.17) is 0 Å². The molecule has 3 unspecified atom stereocenters. The van der Waals surface area contributed by atoms with Crippen LogP contribution in [0.25, 0.3) is 0 Å². The second-order valence-corrected chi connectivity index (χ2v) is 17.3. The van der Waals surface area contributed by atoms with Crippen LogP contribution >= 0.6 is 0 Å². The molecular formula is C45H87NO6S. The SMILES string of the molecule is CCCCCCCCCCC/C=C\C/C=C\CCCCCCCCC(O)C(=O)NC(CS(=O)(=O)O)C(O)CCCCCCCCCCCCCCCC. The van der Waals surface area contributed by atoms with Crippen molar-refractivity contribution in [2.45, 2.75) is 250 Å². The lowest BCUT2D eigenvalue weighted by Crippen LogP contribution is -2.50. The monoisotopic (exact) mass is 770 g/mol. The summed E-state index contributed by atoms with van der Waals surface area (Å²) in [5.41, 5.74) is 0. The van der Waals surface area contributed by atoms with Gasteiger partial charge < -0.3 is 15.5 Å². The van der Waals surface area contributed by atoms with Crippen molar-refractivity contribution in [3.63, 3.8) is 0 Å². The minimum Gasteiger partial charge on any atom is -0.391 e. The lowest BCUT2D eigenvalue weighted by atomic mass is 10.0. The summed E-state index contributed by atoms with van der Waals surface area (Å²) in [7, 11) is -4.41. The normalized spacial score (nSPS) is 14.0. The summed E-state index contributed by atoms with van der Waals surface area (Å²) in [6.45, 7) is 4.52. The lowest BCUT2D eigenvalue weighted by Gasteiger charge is -2.24. The molecular weight excluding hydrogens is 683 g/mol. The molecule has 0 aromatic carbocycles. The molecule has 0 rings (SSSR count). The fraction of sp³-hybridized carbons (Fsp3) is 0.889. The van der Waals surface area contributed by atoms with Crippen LogP contribution in [-0.4, -0.2) is 53.1 Å². The molecule has 0 fully saturated rings. The zero-order valence-corrected chi connectivity index (χ0v) is 35.6. The van der Waals surface area contributed by atoms with Gasteiger partial charge in [0.15, 0.2) is 0 Å². The second-order valence-electron chi connectivity index (χ2n) is 15.8. The molecule has 0 radical (unpaired) electrons. The van der Waals surface area contributed by atoms with Gasteiger partial charge in [-0.3, -0.25) is 9.35 Å². The van der Waals surface area contributed by atoms with Crippen LogP contribution in [0.5, 0.6) is 0 Å². The van der Waals surface area contributed by atoms with Crippen LogP contribution in [0.2, 0.25) is 0 Å². The van der Waals surface area contributed by atoms with E-state index in [1.807, 2.05) is 0 Å². The van der Waals surface area contributed by atoms with E-state index in [1.165, 1.54) is 135 Å². The van der Waals surface area contributed by atoms with E-state index in [0.29, 0.717) is 19.3 Å². The Morgan fingerprint density at radius 1 is 0.509 bits per heavy atom. The molecule has 0 bridgehead atoms. The summed E-state index contributed by atoms with van der Waals surface area (Å²) in [6.07, 6.45) is 46.3. The van der Waals surface area contributed by atoms with Gasteiger partial charge >= 0.3 is 0 Å². The Morgan fingerprint density at radius 3 is 1.23 bits per heavy atom. The molecule has 314 valence electrons. The van der Waals surface area contributed by atoms with Crippen LogP contribution in [0.15, 0.2) is 24.3 Å². The molecule has 4 N–H and O–H groups in total. The van der Waals surface area contributed by atoms with E-state index in [2.05, 4.69) is 43.5 Å². The number of hydrogen-bond donors (Lipinski definition) is 4. The highest BCUT2D eigenvalue weighted by atomic mass is 32.2. The van der Waals surface area contributed by atoms with E-state index in [9.17, 15) is 28.0 Å². The van der Waals surface area contributed by atoms with Gasteiger partial charge in [0.1, 0.15) is 6.10 Å². The summed E-state index contributed by atoms with van der Waals surface area (Å²) in [4.78, 5) is 12.6. The third-order valence-corrected chi connectivity index (χ3v) is 11.3. The predicted octanol–water partition coefficient (Wildman–Crippen LogP) is 12.5. The number of allylic oxidation sites excluding steroid dienone is 4. The maximum absolute atomic E-state index is 12.6. The molecule has 8 heteroatoms. The van der Waals surface area contributed by atoms with Crippen LogP contribution in [0.4, 0.5) is 0 Å². The van der Waals surface area contributed by atoms with E-state index < -0.39 is 40.0 Å². The van der Waals surface area contributed by atoms with Gasteiger partial charge in [0.05, 0.1) is 17.9 Å². The van der Waals surface area contributed by atoms with Gasteiger partial charge in [-0.2, -0.15) is 8.42 Å². The van der Waals surface area contributed by atoms with Gasteiger partial charge in [-0.05, 0) is 44.9 Å². The summed E-state index contributed by atoms with van der Waals surface area (Å²) in [5, 5.41) is 23.6. The summed E-state index contributed by atoms with van der Waals surface area (Å²) in [6, 6.07) is -1.15. The van der Waals surface area contributed by atoms with Gasteiger partial charge in [-0.1, -0.05) is 212 Å². The van der Waals surface area contributed by atoms with Crippen molar-refractivity contribution in [3.05, 3.63) is 24.3 Å². The van der Waals surface area contributed by atoms with Crippen molar-refractivity contribution in [1.82, 2.24) is 5.32 Å². The van der Waals surface area contributed by atoms with Crippen LogP contribution in [0, 0.1) is 0 Å². The Kier molecular flexibility index (Phi) is 38.1. The Balaban J connectivity index is 3.93. The largest absolute Gasteiger partial charge is 0.391 e. The number of aliphatic hydroxyl groups excluding tert-OH is 2. The molecule has 0 aliphatic carbocycles. The summed E-state index contributed by atoms with van der Waals surface area (Å²) >= 11 is 0. The van der Waals surface area contributed by atoms with Crippen LogP contribution in [0.3, 0.4) is 0 Å². The van der Waals surface area contributed by atoms with Crippen LogP contribution < -0.4 is 5.32 Å². The second kappa shape index (κ2) is 39.0. The highest BCUT2D eigenvalue weighted by molar-refractivity contribution is 7.85. The topological polar surface area (TPSA) is 124 Å². The van der Waals surface area contributed by atoms with Crippen LogP contribution in [0.1, 0.15) is 232 Å². The average molecular weight is 770 g/mol. The number of hydrogen-bond acceptors (Lipinski definition) is 5. The van der Waals surface area contributed by atoms with E-state index in [-0.39, 0.29) is 6.42 Å². The quantitative estimate of drug-likeness (QED) is 0.0279. The summed E-state index contributed by atoms with van der Waals surface area (Å²) < 4.78 is 32.6. The van der Waals surface area contributed by atoms with Crippen molar-refractivity contribution in [2.75, 3.05) is 5.75 Å². The molecule has 3 atom stereocenters. The number of unbranched alkanes of at least 4 members (excludes halogenated alkanes) is 28. The highest BCUT2D eigenvalue weighted by Crippen LogP contribution is 2.16. The number of carbonyl (C=O) groups excluding carboxylic acids is 1. The first-order valence-corrected chi connectivity index (χ1v) is 24.2. The van der Waals surface area contributed by atoms with Crippen molar-refractivity contribution < 1.29 is 28.0 Å². The Hall–Kier alpha value is -1.22. The van der Waals surface area contributed by atoms with Crippen molar-refractivity contribution in [1.29, 1.82) is 0 Å². The Bertz CT molecular complexity index is 953. The molecule has 0 heterocycles. The van der Waals surface area contributed by atoms with E-state index >= 15 is 0 Å². The van der Waals surface area contributed by atoms with Crippen LogP contribution in [-0.2, 0) is 14.9 Å². The third kappa shape index (κ3) is 38.8. The molecule has 1 amide bonds. The fourth-order valence-corrected chi connectivity index (χ4v) is 7.78. The average Bonchev–Trinajstić information content (AvgIpc) is 3.12. The fourth-order valence-electron chi connectivity index (χ4n) is 7.02. The third-order valence-electron chi connectivity index (χ3n) is 10.5. The number of rotatable bonds is 41. The van der Waals surface area contributed by atoms with Crippen molar-refractivity contribution >= 4 is 16.0 Å². The minimum atomic E-state index is -4.41. The number of carbonyl (C=O) groups is 1. The van der Waals surface area contributed by atoms with E-state index in [1.54, 1.807) is 0 Å². The molecule has 7 nitrogen and oxygen atoms in total. The first-order chi connectivity index (χ1) is 25.7. The number of amides is 1. The molecule has 0 aromatic heterocycles. The molecule has 0 saturated heterocycles. The van der Waals surface area contributed by atoms with Gasteiger partial charge in [0, 0.05) is 0 Å². The zero-order valence-electron chi connectivity index (χ0n) is 34.8. The zero-order chi connectivity index (χ0) is 39.1. The van der Waals surface area contributed by atoms with Gasteiger partial charge in [-0.15, -0.1) is 0 Å². The first kappa shape index (κ1) is 51.8. The number of aliphatic hydroxyl groups is 2. The molecule has 0 aromatic rings.